The van der Waals surface area contributed by atoms with Crippen LogP contribution < -0.4 is 11.1 Å². The van der Waals surface area contributed by atoms with Crippen molar-refractivity contribution in [2.75, 3.05) is 13.6 Å². The first-order valence-corrected chi connectivity index (χ1v) is 5.01. The summed E-state index contributed by atoms with van der Waals surface area (Å²) in [7, 11) is 1.60. The van der Waals surface area contributed by atoms with E-state index in [0.717, 1.165) is 18.5 Å². The lowest BCUT2D eigenvalue weighted by Gasteiger charge is -2.08. The van der Waals surface area contributed by atoms with Crippen molar-refractivity contribution in [1.29, 1.82) is 0 Å². The first kappa shape index (κ1) is 11.6. The van der Waals surface area contributed by atoms with Crippen LogP contribution >= 0.6 is 0 Å². The fraction of sp³-hybridized carbons (Fsp3) is 0.667. The Balaban J connectivity index is 2.62. The van der Waals surface area contributed by atoms with Crippen molar-refractivity contribution < 1.29 is 4.79 Å². The van der Waals surface area contributed by atoms with Gasteiger partial charge in [0.25, 0.3) is 0 Å². The number of nitrogens with two attached hydrogens (primary N) is 1. The van der Waals surface area contributed by atoms with E-state index in [4.69, 9.17) is 5.73 Å². The van der Waals surface area contributed by atoms with Crippen LogP contribution in [0.25, 0.3) is 0 Å². The summed E-state index contributed by atoms with van der Waals surface area (Å²) < 4.78 is 1.56. The molecule has 3 N–H and O–H groups in total. The third-order valence-corrected chi connectivity index (χ3v) is 2.22. The van der Waals surface area contributed by atoms with Gasteiger partial charge in [-0.1, -0.05) is 5.21 Å². The molecule has 6 nitrogen and oxygen atoms in total. The summed E-state index contributed by atoms with van der Waals surface area (Å²) in [5.41, 5.74) is 6.27. The zero-order valence-corrected chi connectivity index (χ0v) is 9.10. The predicted octanol–water partition coefficient (Wildman–Crippen LogP) is -0.524. The molecule has 1 amide bonds. The number of rotatable bonds is 5. The first-order chi connectivity index (χ1) is 7.19. The van der Waals surface area contributed by atoms with Crippen LogP contribution in [0.4, 0.5) is 0 Å². The molecule has 1 atom stereocenters. The summed E-state index contributed by atoms with van der Waals surface area (Å²) in [5.74, 6) is -0.0784. The van der Waals surface area contributed by atoms with Crippen molar-refractivity contribution in [3.8, 4) is 0 Å². The Bertz CT molecular complexity index is 322. The smallest absolute Gasteiger partial charge is 0.244 e. The zero-order chi connectivity index (χ0) is 11.3. The van der Waals surface area contributed by atoms with Crippen molar-refractivity contribution in [2.45, 2.75) is 25.8 Å². The van der Waals surface area contributed by atoms with Gasteiger partial charge in [-0.25, -0.2) is 4.68 Å². The Labute approximate surface area is 88.8 Å². The van der Waals surface area contributed by atoms with Crippen molar-refractivity contribution in [3.63, 3.8) is 0 Å². The summed E-state index contributed by atoms with van der Waals surface area (Å²) in [5, 5.41) is 10.4. The van der Waals surface area contributed by atoms with E-state index in [0.29, 0.717) is 6.54 Å². The van der Waals surface area contributed by atoms with E-state index in [2.05, 4.69) is 15.6 Å². The highest BCUT2D eigenvalue weighted by Gasteiger charge is 2.14. The van der Waals surface area contributed by atoms with E-state index >= 15 is 0 Å². The number of nitrogens with zero attached hydrogens (tertiary/aromatic N) is 3. The highest BCUT2D eigenvalue weighted by molar-refractivity contribution is 5.79. The molecule has 1 unspecified atom stereocenters. The maximum absolute atomic E-state index is 11.3. The SMILES string of the molecule is CNC(=O)C(C)n1cc(CCCN)nn1. The molecule has 0 aliphatic heterocycles. The van der Waals surface area contributed by atoms with Gasteiger partial charge in [-0.2, -0.15) is 0 Å². The van der Waals surface area contributed by atoms with Crippen molar-refractivity contribution >= 4 is 5.91 Å². The highest BCUT2D eigenvalue weighted by atomic mass is 16.2. The summed E-state index contributed by atoms with van der Waals surface area (Å²) in [4.78, 5) is 11.3. The second kappa shape index (κ2) is 5.45. The van der Waals surface area contributed by atoms with Crippen molar-refractivity contribution in [3.05, 3.63) is 11.9 Å². The van der Waals surface area contributed by atoms with E-state index in [1.54, 1.807) is 24.9 Å². The van der Waals surface area contributed by atoms with Gasteiger partial charge < -0.3 is 11.1 Å². The molecule has 84 valence electrons. The lowest BCUT2D eigenvalue weighted by Crippen LogP contribution is -2.28. The summed E-state index contributed by atoms with van der Waals surface area (Å²) in [6, 6.07) is -0.325. The average Bonchev–Trinajstić information content (AvgIpc) is 2.72. The summed E-state index contributed by atoms with van der Waals surface area (Å²) in [6.07, 6.45) is 3.47. The Kier molecular flexibility index (Phi) is 4.23. The monoisotopic (exact) mass is 211 g/mol. The molecule has 1 aromatic rings. The third-order valence-electron chi connectivity index (χ3n) is 2.22. The third kappa shape index (κ3) is 3.02. The van der Waals surface area contributed by atoms with Gasteiger partial charge in [0.1, 0.15) is 6.04 Å². The average molecular weight is 211 g/mol. The largest absolute Gasteiger partial charge is 0.357 e. The molecule has 15 heavy (non-hydrogen) atoms. The Morgan fingerprint density at radius 3 is 3.07 bits per heavy atom. The summed E-state index contributed by atoms with van der Waals surface area (Å²) in [6.45, 7) is 2.41. The molecular weight excluding hydrogens is 194 g/mol. The number of nitrogens with one attached hydrogen (secondary N) is 1. The number of hydrogen-bond donors (Lipinski definition) is 2. The number of likely N-dealkylation sites (N-methyl/N-ethyl adjacent to an activating group) is 1. The number of amides is 1. The zero-order valence-electron chi connectivity index (χ0n) is 9.10. The maximum atomic E-state index is 11.3. The van der Waals surface area contributed by atoms with E-state index in [9.17, 15) is 4.79 Å². The van der Waals surface area contributed by atoms with Crippen LogP contribution in [0.3, 0.4) is 0 Å². The maximum Gasteiger partial charge on any atom is 0.244 e. The van der Waals surface area contributed by atoms with Gasteiger partial charge in [0.05, 0.1) is 5.69 Å². The molecule has 0 aromatic carbocycles. The second-order valence-electron chi connectivity index (χ2n) is 3.37. The van der Waals surface area contributed by atoms with Crippen molar-refractivity contribution in [1.82, 2.24) is 20.3 Å². The molecule has 0 aliphatic rings. The molecule has 1 heterocycles. The molecule has 0 bridgehead atoms. The molecule has 0 radical (unpaired) electrons. The van der Waals surface area contributed by atoms with Gasteiger partial charge in [-0.3, -0.25) is 4.79 Å². The molecule has 0 saturated carbocycles. The van der Waals surface area contributed by atoms with Crippen molar-refractivity contribution in [2.24, 2.45) is 5.73 Å². The fourth-order valence-electron chi connectivity index (χ4n) is 1.23. The van der Waals surface area contributed by atoms with Crippen LogP contribution in [0.5, 0.6) is 0 Å². The molecule has 0 saturated heterocycles. The molecule has 1 rings (SSSR count). The van der Waals surface area contributed by atoms with Gasteiger partial charge in [0, 0.05) is 13.2 Å². The lowest BCUT2D eigenvalue weighted by molar-refractivity contribution is -0.123. The lowest BCUT2D eigenvalue weighted by atomic mass is 10.2. The van der Waals surface area contributed by atoms with Gasteiger partial charge >= 0.3 is 0 Å². The van der Waals surface area contributed by atoms with Gasteiger partial charge in [-0.15, -0.1) is 5.10 Å². The fourth-order valence-corrected chi connectivity index (χ4v) is 1.23. The Morgan fingerprint density at radius 1 is 1.73 bits per heavy atom. The van der Waals surface area contributed by atoms with Gasteiger partial charge in [0.15, 0.2) is 0 Å². The van der Waals surface area contributed by atoms with Crippen LogP contribution in [-0.2, 0) is 11.2 Å². The van der Waals surface area contributed by atoms with Crippen LogP contribution in [0.15, 0.2) is 6.20 Å². The molecule has 6 heteroatoms. The normalized spacial score (nSPS) is 12.5. The number of hydrogen-bond acceptors (Lipinski definition) is 4. The predicted molar refractivity (Wildman–Crippen MR) is 56.2 cm³/mol. The van der Waals surface area contributed by atoms with E-state index in [-0.39, 0.29) is 11.9 Å². The van der Waals surface area contributed by atoms with E-state index in [1.165, 1.54) is 0 Å². The van der Waals surface area contributed by atoms with Crippen LogP contribution in [-0.4, -0.2) is 34.5 Å². The quantitative estimate of drug-likeness (QED) is 0.686. The number of aryl methyl sites for hydroxylation is 1. The number of aromatic nitrogens is 3. The minimum absolute atomic E-state index is 0.0784. The van der Waals surface area contributed by atoms with Crippen LogP contribution in [0.1, 0.15) is 25.1 Å². The minimum atomic E-state index is -0.325. The molecular formula is C9H17N5O. The highest BCUT2D eigenvalue weighted by Crippen LogP contribution is 2.05. The topological polar surface area (TPSA) is 85.8 Å². The van der Waals surface area contributed by atoms with Gasteiger partial charge in [-0.05, 0) is 26.3 Å². The standard InChI is InChI=1S/C9H17N5O/c1-7(9(15)11-2)14-6-8(12-13-14)4-3-5-10/h6-7H,3-5,10H2,1-2H3,(H,11,15). The van der Waals surface area contributed by atoms with Crippen LogP contribution in [0.2, 0.25) is 0 Å². The molecule has 1 aromatic heterocycles. The Hall–Kier alpha value is -1.43. The first-order valence-electron chi connectivity index (χ1n) is 5.01. The number of carbonyl (C=O) groups excluding carboxylic acids is 1. The van der Waals surface area contributed by atoms with Crippen LogP contribution in [0, 0.1) is 0 Å². The molecule has 0 aliphatic carbocycles. The summed E-state index contributed by atoms with van der Waals surface area (Å²) >= 11 is 0. The number of carbonyl (C=O) groups is 1. The van der Waals surface area contributed by atoms with Gasteiger partial charge in [0.2, 0.25) is 5.91 Å². The second-order valence-corrected chi connectivity index (χ2v) is 3.37. The molecule has 0 fully saturated rings. The van der Waals surface area contributed by atoms with E-state index in [1.807, 2.05) is 0 Å². The van der Waals surface area contributed by atoms with E-state index < -0.39 is 0 Å². The molecule has 0 spiro atoms. The Morgan fingerprint density at radius 2 is 2.47 bits per heavy atom. The minimum Gasteiger partial charge on any atom is -0.357 e.